The Morgan fingerprint density at radius 3 is 2.81 bits per heavy atom. The van der Waals surface area contributed by atoms with Crippen LogP contribution in [0.3, 0.4) is 0 Å². The minimum Gasteiger partial charge on any atom is -0.374 e. The standard InChI is InChI=1S/C18H31N3/c1-4-6-12-21(5-2)18(14-19)16-9-10-17-15(13-16)8-7-11-20(17)3/h9-10,13,18H,4-8,11-12,14,19H2,1-3H3. The van der Waals surface area contributed by atoms with Crippen LogP contribution in [0, 0.1) is 0 Å². The van der Waals surface area contributed by atoms with Crippen molar-refractivity contribution >= 4 is 5.69 Å². The summed E-state index contributed by atoms with van der Waals surface area (Å²) in [5.41, 5.74) is 10.4. The lowest BCUT2D eigenvalue weighted by Crippen LogP contribution is -2.34. The van der Waals surface area contributed by atoms with Crippen molar-refractivity contribution in [3.63, 3.8) is 0 Å². The second kappa shape index (κ2) is 7.81. The summed E-state index contributed by atoms with van der Waals surface area (Å²) >= 11 is 0. The van der Waals surface area contributed by atoms with E-state index in [1.165, 1.54) is 49.0 Å². The first kappa shape index (κ1) is 16.3. The molecule has 1 aromatic carbocycles. The molecule has 0 saturated carbocycles. The summed E-state index contributed by atoms with van der Waals surface area (Å²) in [6.07, 6.45) is 4.94. The number of rotatable bonds is 7. The molecule has 1 heterocycles. The van der Waals surface area contributed by atoms with Crippen molar-refractivity contribution in [2.24, 2.45) is 5.73 Å². The van der Waals surface area contributed by atoms with Gasteiger partial charge in [-0.2, -0.15) is 0 Å². The lowest BCUT2D eigenvalue weighted by Gasteiger charge is -2.32. The maximum atomic E-state index is 6.10. The molecule has 1 aliphatic heterocycles. The first-order valence-corrected chi connectivity index (χ1v) is 8.49. The van der Waals surface area contributed by atoms with Gasteiger partial charge in [0.1, 0.15) is 0 Å². The van der Waals surface area contributed by atoms with E-state index in [0.717, 1.165) is 13.1 Å². The van der Waals surface area contributed by atoms with E-state index in [4.69, 9.17) is 5.73 Å². The molecule has 2 rings (SSSR count). The van der Waals surface area contributed by atoms with Crippen molar-refractivity contribution in [3.05, 3.63) is 29.3 Å². The number of benzene rings is 1. The summed E-state index contributed by atoms with van der Waals surface area (Å²) in [6, 6.07) is 7.34. The molecule has 0 spiro atoms. The highest BCUT2D eigenvalue weighted by Crippen LogP contribution is 2.30. The minimum atomic E-state index is 0.360. The zero-order chi connectivity index (χ0) is 15.2. The van der Waals surface area contributed by atoms with Crippen LogP contribution in [0.1, 0.15) is 50.3 Å². The zero-order valence-corrected chi connectivity index (χ0v) is 13.9. The predicted molar refractivity (Wildman–Crippen MR) is 92.0 cm³/mol. The molecule has 1 atom stereocenters. The van der Waals surface area contributed by atoms with E-state index in [9.17, 15) is 0 Å². The fraction of sp³-hybridized carbons (Fsp3) is 0.667. The Hall–Kier alpha value is -1.06. The molecule has 0 bridgehead atoms. The summed E-state index contributed by atoms with van der Waals surface area (Å²) in [4.78, 5) is 4.90. The van der Waals surface area contributed by atoms with Gasteiger partial charge in [-0.25, -0.2) is 0 Å². The largest absolute Gasteiger partial charge is 0.374 e. The molecular weight excluding hydrogens is 258 g/mol. The van der Waals surface area contributed by atoms with E-state index < -0.39 is 0 Å². The van der Waals surface area contributed by atoms with Gasteiger partial charge in [-0.1, -0.05) is 32.4 Å². The SMILES string of the molecule is CCCCN(CC)C(CN)c1ccc2c(c1)CCCN2C. The van der Waals surface area contributed by atoms with Gasteiger partial charge in [-0.05, 0) is 49.5 Å². The average Bonchev–Trinajstić information content (AvgIpc) is 2.51. The van der Waals surface area contributed by atoms with Crippen molar-refractivity contribution in [1.29, 1.82) is 0 Å². The Bertz CT molecular complexity index is 444. The molecular formula is C18H31N3. The third-order valence-corrected chi connectivity index (χ3v) is 4.71. The Balaban J connectivity index is 2.21. The number of hydrogen-bond donors (Lipinski definition) is 1. The summed E-state index contributed by atoms with van der Waals surface area (Å²) in [7, 11) is 2.19. The number of hydrogen-bond acceptors (Lipinski definition) is 3. The van der Waals surface area contributed by atoms with Crippen LogP contribution in [0.25, 0.3) is 0 Å². The van der Waals surface area contributed by atoms with E-state index >= 15 is 0 Å². The molecule has 21 heavy (non-hydrogen) atoms. The molecule has 0 aliphatic carbocycles. The van der Waals surface area contributed by atoms with Crippen LogP contribution in [0.15, 0.2) is 18.2 Å². The van der Waals surface area contributed by atoms with Crippen LogP contribution in [-0.4, -0.2) is 38.1 Å². The van der Waals surface area contributed by atoms with Crippen LogP contribution in [0.4, 0.5) is 5.69 Å². The van der Waals surface area contributed by atoms with Crippen molar-refractivity contribution in [2.75, 3.05) is 38.1 Å². The Labute approximate surface area is 130 Å². The van der Waals surface area contributed by atoms with Gasteiger partial charge in [0.05, 0.1) is 0 Å². The molecule has 0 saturated heterocycles. The number of fused-ring (bicyclic) bond motifs is 1. The quantitative estimate of drug-likeness (QED) is 0.836. The molecule has 0 amide bonds. The fourth-order valence-electron chi connectivity index (χ4n) is 3.40. The van der Waals surface area contributed by atoms with Crippen molar-refractivity contribution in [1.82, 2.24) is 4.90 Å². The van der Waals surface area contributed by atoms with Gasteiger partial charge < -0.3 is 10.6 Å². The molecule has 0 fully saturated rings. The predicted octanol–water partition coefficient (Wildman–Crippen LogP) is 3.19. The monoisotopic (exact) mass is 289 g/mol. The Kier molecular flexibility index (Phi) is 6.07. The van der Waals surface area contributed by atoms with Crippen LogP contribution in [-0.2, 0) is 6.42 Å². The topological polar surface area (TPSA) is 32.5 Å². The van der Waals surface area contributed by atoms with Crippen molar-refractivity contribution in [3.8, 4) is 0 Å². The van der Waals surface area contributed by atoms with Gasteiger partial charge in [0.25, 0.3) is 0 Å². The summed E-state index contributed by atoms with van der Waals surface area (Å²) < 4.78 is 0. The summed E-state index contributed by atoms with van der Waals surface area (Å²) in [5, 5.41) is 0. The highest BCUT2D eigenvalue weighted by atomic mass is 15.2. The smallest absolute Gasteiger partial charge is 0.0470 e. The van der Waals surface area contributed by atoms with Gasteiger partial charge in [-0.15, -0.1) is 0 Å². The van der Waals surface area contributed by atoms with E-state index in [1.54, 1.807) is 0 Å². The lowest BCUT2D eigenvalue weighted by molar-refractivity contribution is 0.209. The highest BCUT2D eigenvalue weighted by Gasteiger charge is 2.20. The second-order valence-corrected chi connectivity index (χ2v) is 6.15. The minimum absolute atomic E-state index is 0.360. The average molecular weight is 289 g/mol. The van der Waals surface area contributed by atoms with E-state index in [2.05, 4.69) is 48.9 Å². The molecule has 1 aromatic rings. The van der Waals surface area contributed by atoms with Gasteiger partial charge in [-0.3, -0.25) is 4.90 Å². The van der Waals surface area contributed by atoms with Crippen LogP contribution in [0.2, 0.25) is 0 Å². The molecule has 0 radical (unpaired) electrons. The normalized spacial score (nSPS) is 16.1. The first-order valence-electron chi connectivity index (χ1n) is 8.49. The maximum Gasteiger partial charge on any atom is 0.0470 e. The van der Waals surface area contributed by atoms with E-state index in [-0.39, 0.29) is 0 Å². The molecule has 1 unspecified atom stereocenters. The number of likely N-dealkylation sites (N-methyl/N-ethyl adjacent to an activating group) is 1. The van der Waals surface area contributed by atoms with Gasteiger partial charge >= 0.3 is 0 Å². The lowest BCUT2D eigenvalue weighted by atomic mass is 9.96. The number of nitrogens with zero attached hydrogens (tertiary/aromatic N) is 2. The van der Waals surface area contributed by atoms with Crippen molar-refractivity contribution < 1.29 is 0 Å². The zero-order valence-electron chi connectivity index (χ0n) is 13.9. The van der Waals surface area contributed by atoms with Crippen LogP contribution < -0.4 is 10.6 Å². The fourth-order valence-corrected chi connectivity index (χ4v) is 3.40. The molecule has 118 valence electrons. The highest BCUT2D eigenvalue weighted by molar-refractivity contribution is 5.56. The van der Waals surface area contributed by atoms with E-state index in [1.807, 2.05) is 0 Å². The van der Waals surface area contributed by atoms with Gasteiger partial charge in [0.15, 0.2) is 0 Å². The summed E-state index contributed by atoms with van der Waals surface area (Å²) in [5.74, 6) is 0. The molecule has 1 aliphatic rings. The first-order chi connectivity index (χ1) is 10.2. The van der Waals surface area contributed by atoms with Crippen molar-refractivity contribution in [2.45, 2.75) is 45.6 Å². The number of nitrogens with two attached hydrogens (primary N) is 1. The van der Waals surface area contributed by atoms with Crippen LogP contribution in [0.5, 0.6) is 0 Å². The molecule has 3 heteroatoms. The summed E-state index contributed by atoms with van der Waals surface area (Å²) in [6.45, 7) is 8.58. The number of unbranched alkanes of at least 4 members (excludes halogenated alkanes) is 1. The second-order valence-electron chi connectivity index (χ2n) is 6.15. The third kappa shape index (κ3) is 3.78. The Morgan fingerprint density at radius 2 is 2.14 bits per heavy atom. The third-order valence-electron chi connectivity index (χ3n) is 4.71. The molecule has 2 N–H and O–H groups in total. The maximum absolute atomic E-state index is 6.10. The molecule has 0 aromatic heterocycles. The van der Waals surface area contributed by atoms with Gasteiger partial charge in [0, 0.05) is 31.9 Å². The van der Waals surface area contributed by atoms with Crippen LogP contribution >= 0.6 is 0 Å². The number of aryl methyl sites for hydroxylation is 1. The van der Waals surface area contributed by atoms with Gasteiger partial charge in [0.2, 0.25) is 0 Å². The Morgan fingerprint density at radius 1 is 1.33 bits per heavy atom. The number of anilines is 1. The van der Waals surface area contributed by atoms with E-state index in [0.29, 0.717) is 12.6 Å². The molecule has 3 nitrogen and oxygen atoms in total.